The molecule has 29 heavy (non-hydrogen) atoms. The van der Waals surface area contributed by atoms with Crippen molar-refractivity contribution < 1.29 is 13.2 Å². The Morgan fingerprint density at radius 1 is 1.03 bits per heavy atom. The van der Waals surface area contributed by atoms with Crippen molar-refractivity contribution in [1.29, 1.82) is 0 Å². The van der Waals surface area contributed by atoms with Crippen LogP contribution in [0, 0.1) is 0 Å². The molecule has 2 aromatic carbocycles. The summed E-state index contributed by atoms with van der Waals surface area (Å²) in [4.78, 5) is 16.5. The first-order valence-corrected chi connectivity index (χ1v) is 11.3. The highest BCUT2D eigenvalue weighted by atomic mass is 35.5. The second-order valence-electron chi connectivity index (χ2n) is 7.48. The molecule has 0 atom stereocenters. The Kier molecular flexibility index (Phi) is 6.51. The summed E-state index contributed by atoms with van der Waals surface area (Å²) in [5.74, 6) is -0.253. The van der Waals surface area contributed by atoms with E-state index in [1.807, 2.05) is 43.3 Å². The molecule has 1 amide bonds. The van der Waals surface area contributed by atoms with Crippen LogP contribution >= 0.6 is 11.6 Å². The van der Waals surface area contributed by atoms with Crippen LogP contribution in [0.5, 0.6) is 0 Å². The summed E-state index contributed by atoms with van der Waals surface area (Å²) < 4.78 is 27.2. The molecule has 2 aromatic rings. The van der Waals surface area contributed by atoms with Gasteiger partial charge in [0.05, 0.1) is 5.02 Å². The van der Waals surface area contributed by atoms with Gasteiger partial charge in [0.1, 0.15) is 4.90 Å². The number of benzene rings is 2. The molecule has 3 rings (SSSR count). The van der Waals surface area contributed by atoms with Crippen LogP contribution in [-0.4, -0.2) is 57.8 Å². The highest BCUT2D eigenvalue weighted by Gasteiger charge is 2.30. The fraction of sp³-hybridized carbons (Fsp3) is 0.381. The summed E-state index contributed by atoms with van der Waals surface area (Å²) in [6, 6.07) is 12.4. The number of sulfonamides is 1. The minimum absolute atomic E-state index is 0.00403. The molecule has 1 saturated heterocycles. The molecule has 0 N–H and O–H groups in total. The maximum atomic E-state index is 12.9. The molecule has 0 spiro atoms. The average Bonchev–Trinajstić information content (AvgIpc) is 3.24. The molecule has 0 bridgehead atoms. The molecule has 0 radical (unpaired) electrons. The van der Waals surface area contributed by atoms with Crippen LogP contribution in [0.1, 0.15) is 28.8 Å². The second kappa shape index (κ2) is 8.73. The van der Waals surface area contributed by atoms with Gasteiger partial charge in [-0.2, -0.15) is 4.31 Å². The lowest BCUT2D eigenvalue weighted by atomic mass is 10.1. The molecule has 156 valence electrons. The third-order valence-corrected chi connectivity index (χ3v) is 7.46. The molecular weight excluding hydrogens is 410 g/mol. The second-order valence-corrected chi connectivity index (χ2v) is 9.79. The van der Waals surface area contributed by atoms with Gasteiger partial charge in [-0.25, -0.2) is 8.42 Å². The monoisotopic (exact) mass is 435 g/mol. The number of rotatable bonds is 6. The van der Waals surface area contributed by atoms with E-state index in [0.29, 0.717) is 25.2 Å². The summed E-state index contributed by atoms with van der Waals surface area (Å²) >= 11 is 6.18. The fourth-order valence-corrected chi connectivity index (χ4v) is 5.38. The van der Waals surface area contributed by atoms with Gasteiger partial charge < -0.3 is 9.80 Å². The van der Waals surface area contributed by atoms with E-state index in [1.165, 1.54) is 16.4 Å². The molecule has 0 aromatic heterocycles. The van der Waals surface area contributed by atoms with Crippen molar-refractivity contribution in [2.75, 3.05) is 39.1 Å². The zero-order chi connectivity index (χ0) is 21.2. The number of amides is 1. The lowest BCUT2D eigenvalue weighted by Crippen LogP contribution is -2.29. The maximum absolute atomic E-state index is 12.9. The lowest BCUT2D eigenvalue weighted by molar-refractivity contribution is 0.0785. The van der Waals surface area contributed by atoms with Gasteiger partial charge in [-0.05, 0) is 48.7 Å². The van der Waals surface area contributed by atoms with Crippen molar-refractivity contribution in [3.63, 3.8) is 0 Å². The highest BCUT2D eigenvalue weighted by Crippen LogP contribution is 2.28. The average molecular weight is 436 g/mol. The number of anilines is 1. The number of nitrogens with zero attached hydrogens (tertiary/aromatic N) is 3. The van der Waals surface area contributed by atoms with Crippen LogP contribution in [0.15, 0.2) is 47.4 Å². The predicted octanol–water partition coefficient (Wildman–Crippen LogP) is 3.46. The molecular formula is C21H26ClN3O3S. The van der Waals surface area contributed by atoms with Gasteiger partial charge in [-0.1, -0.05) is 23.7 Å². The van der Waals surface area contributed by atoms with Crippen molar-refractivity contribution in [3.05, 3.63) is 58.6 Å². The third-order valence-electron chi connectivity index (χ3n) is 5.08. The van der Waals surface area contributed by atoms with Crippen LogP contribution in [0.4, 0.5) is 5.69 Å². The maximum Gasteiger partial charge on any atom is 0.253 e. The van der Waals surface area contributed by atoms with Crippen molar-refractivity contribution in [2.45, 2.75) is 24.3 Å². The van der Waals surface area contributed by atoms with E-state index in [9.17, 15) is 13.2 Å². The number of halogens is 1. The van der Waals surface area contributed by atoms with Gasteiger partial charge in [0, 0.05) is 52.0 Å². The number of hydrogen-bond donors (Lipinski definition) is 0. The minimum Gasteiger partial charge on any atom is -0.378 e. The molecule has 0 unspecified atom stereocenters. The van der Waals surface area contributed by atoms with Gasteiger partial charge in [-0.15, -0.1) is 0 Å². The van der Waals surface area contributed by atoms with Gasteiger partial charge in [0.15, 0.2) is 0 Å². The Hall–Kier alpha value is -2.09. The first-order valence-electron chi connectivity index (χ1n) is 9.51. The normalized spacial score (nSPS) is 14.8. The summed E-state index contributed by atoms with van der Waals surface area (Å²) in [5.41, 5.74) is 2.38. The molecule has 8 heteroatoms. The van der Waals surface area contributed by atoms with E-state index in [1.54, 1.807) is 18.0 Å². The van der Waals surface area contributed by atoms with Gasteiger partial charge in [0.2, 0.25) is 10.0 Å². The van der Waals surface area contributed by atoms with Crippen LogP contribution < -0.4 is 4.90 Å². The zero-order valence-corrected chi connectivity index (χ0v) is 18.5. The fourth-order valence-electron chi connectivity index (χ4n) is 3.37. The summed E-state index contributed by atoms with van der Waals surface area (Å²) in [7, 11) is 1.95. The summed E-state index contributed by atoms with van der Waals surface area (Å²) in [6.45, 7) is 1.39. The van der Waals surface area contributed by atoms with Gasteiger partial charge in [-0.3, -0.25) is 4.79 Å². The molecule has 1 aliphatic heterocycles. The summed E-state index contributed by atoms with van der Waals surface area (Å²) in [6.07, 6.45) is 1.68. The van der Waals surface area contributed by atoms with E-state index < -0.39 is 10.0 Å². The Labute approximate surface area is 177 Å². The lowest BCUT2D eigenvalue weighted by Gasteiger charge is -2.20. The van der Waals surface area contributed by atoms with Crippen molar-refractivity contribution in [2.24, 2.45) is 0 Å². The van der Waals surface area contributed by atoms with Gasteiger partial charge in [0.25, 0.3) is 5.91 Å². The van der Waals surface area contributed by atoms with Crippen LogP contribution in [0.25, 0.3) is 0 Å². The van der Waals surface area contributed by atoms with E-state index in [2.05, 4.69) is 0 Å². The molecule has 1 heterocycles. The van der Waals surface area contributed by atoms with Crippen LogP contribution in [0.3, 0.4) is 0 Å². The molecule has 0 saturated carbocycles. The number of hydrogen-bond acceptors (Lipinski definition) is 4. The van der Waals surface area contributed by atoms with Crippen molar-refractivity contribution in [3.8, 4) is 0 Å². The van der Waals surface area contributed by atoms with E-state index in [4.69, 9.17) is 11.6 Å². The first kappa shape index (κ1) is 21.6. The van der Waals surface area contributed by atoms with Crippen molar-refractivity contribution in [1.82, 2.24) is 9.21 Å². The molecule has 6 nitrogen and oxygen atoms in total. The third kappa shape index (κ3) is 4.74. The smallest absolute Gasteiger partial charge is 0.253 e. The van der Waals surface area contributed by atoms with Crippen LogP contribution in [-0.2, 0) is 16.6 Å². The van der Waals surface area contributed by atoms with Crippen molar-refractivity contribution >= 4 is 33.2 Å². The Balaban J connectivity index is 1.80. The van der Waals surface area contributed by atoms with E-state index >= 15 is 0 Å². The van der Waals surface area contributed by atoms with Gasteiger partial charge >= 0.3 is 0 Å². The first-order chi connectivity index (χ1) is 13.7. The summed E-state index contributed by atoms with van der Waals surface area (Å²) in [5, 5.41) is 0.135. The number of carbonyl (C=O) groups is 1. The molecule has 0 aliphatic carbocycles. The molecule has 1 aliphatic rings. The quantitative estimate of drug-likeness (QED) is 0.697. The topological polar surface area (TPSA) is 60.9 Å². The Morgan fingerprint density at radius 2 is 1.66 bits per heavy atom. The van der Waals surface area contributed by atoms with E-state index in [0.717, 1.165) is 24.1 Å². The Bertz CT molecular complexity index is 985. The van der Waals surface area contributed by atoms with E-state index in [-0.39, 0.29) is 15.8 Å². The SMILES string of the molecule is CN(Cc1ccc(N(C)C)cc1)C(=O)c1ccc(Cl)c(S(=O)(=O)N2CCCC2)c1. The Morgan fingerprint density at radius 3 is 2.24 bits per heavy atom. The highest BCUT2D eigenvalue weighted by molar-refractivity contribution is 7.89. The number of carbonyl (C=O) groups excluding carboxylic acids is 1. The largest absolute Gasteiger partial charge is 0.378 e. The molecule has 1 fully saturated rings. The minimum atomic E-state index is -3.70. The predicted molar refractivity (Wildman–Crippen MR) is 116 cm³/mol. The zero-order valence-electron chi connectivity index (χ0n) is 16.9. The standard InChI is InChI=1S/C21H26ClN3O3S/c1-23(2)18-9-6-16(7-10-18)15-24(3)21(26)17-8-11-19(22)20(14-17)29(27,28)25-12-4-5-13-25/h6-11,14H,4-5,12-13,15H2,1-3H3. The van der Waals surface area contributed by atoms with Crippen LogP contribution in [0.2, 0.25) is 5.02 Å².